The number of anilines is 1. The summed E-state index contributed by atoms with van der Waals surface area (Å²) in [6.07, 6.45) is 1.29. The predicted octanol–water partition coefficient (Wildman–Crippen LogP) is 2.51. The fourth-order valence-corrected chi connectivity index (χ4v) is 3.25. The molecule has 0 fully saturated rings. The van der Waals surface area contributed by atoms with Crippen LogP contribution in [0.25, 0.3) is 11.2 Å². The second-order valence-corrected chi connectivity index (χ2v) is 7.51. The summed E-state index contributed by atoms with van der Waals surface area (Å²) in [6, 6.07) is 13.5. The molecule has 2 aromatic carbocycles. The van der Waals surface area contributed by atoms with E-state index < -0.39 is 17.4 Å². The van der Waals surface area contributed by atoms with E-state index in [0.29, 0.717) is 28.5 Å². The number of nitrogens with one attached hydrogen (secondary N) is 1. The Morgan fingerprint density at radius 1 is 1.09 bits per heavy atom. The van der Waals surface area contributed by atoms with Crippen LogP contribution in [0, 0.1) is 0 Å². The third-order valence-electron chi connectivity index (χ3n) is 4.73. The van der Waals surface area contributed by atoms with Crippen LogP contribution in [0.5, 0.6) is 0 Å². The predicted molar refractivity (Wildman–Crippen MR) is 121 cm³/mol. The third kappa shape index (κ3) is 5.07. The van der Waals surface area contributed by atoms with Gasteiger partial charge in [0.25, 0.3) is 5.56 Å². The maximum atomic E-state index is 12.8. The number of halogens is 1. The number of nitrogens with zero attached hydrogens (tertiary/aromatic N) is 5. The van der Waals surface area contributed by atoms with Crippen molar-refractivity contribution < 1.29 is 14.3 Å². The zero-order chi connectivity index (χ0) is 23.4. The monoisotopic (exact) mass is 466 g/mol. The van der Waals surface area contributed by atoms with Crippen LogP contribution < -0.4 is 10.9 Å². The number of esters is 1. The van der Waals surface area contributed by atoms with E-state index >= 15 is 0 Å². The van der Waals surface area contributed by atoms with Gasteiger partial charge in [0, 0.05) is 10.7 Å². The summed E-state index contributed by atoms with van der Waals surface area (Å²) in [5.74, 6) is -0.874. The van der Waals surface area contributed by atoms with Gasteiger partial charge < -0.3 is 10.1 Å². The highest BCUT2D eigenvalue weighted by molar-refractivity contribution is 6.30. The van der Waals surface area contributed by atoms with Crippen LogP contribution in [-0.4, -0.2) is 43.0 Å². The summed E-state index contributed by atoms with van der Waals surface area (Å²) < 4.78 is 7.59. The van der Waals surface area contributed by atoms with Gasteiger partial charge in [-0.3, -0.25) is 14.2 Å². The van der Waals surface area contributed by atoms with E-state index in [9.17, 15) is 14.4 Å². The smallest absolute Gasteiger partial charge is 0.338 e. The van der Waals surface area contributed by atoms with E-state index in [1.54, 1.807) is 43.3 Å². The van der Waals surface area contributed by atoms with Gasteiger partial charge in [0.1, 0.15) is 12.9 Å². The Morgan fingerprint density at radius 3 is 2.52 bits per heavy atom. The van der Waals surface area contributed by atoms with Crippen molar-refractivity contribution in [2.45, 2.75) is 20.0 Å². The van der Waals surface area contributed by atoms with Gasteiger partial charge in [-0.15, -0.1) is 5.10 Å². The normalized spacial score (nSPS) is 10.8. The Balaban J connectivity index is 1.46. The van der Waals surface area contributed by atoms with E-state index in [-0.39, 0.29) is 18.7 Å². The minimum atomic E-state index is -0.477. The van der Waals surface area contributed by atoms with Gasteiger partial charge in [-0.1, -0.05) is 28.9 Å². The molecule has 2 aromatic heterocycles. The molecule has 2 heterocycles. The highest BCUT2D eigenvalue weighted by Crippen LogP contribution is 2.13. The Hall–Kier alpha value is -4.05. The standard InChI is InChI=1S/C22H19ClN6O4/c1-2-33-22(32)15-5-9-17(10-6-15)25-18(30)12-28-13-24-20-19(21(28)31)26-27-29(20)11-14-3-7-16(23)8-4-14/h3-10,13H,2,11-12H2,1H3,(H,25,30). The van der Waals surface area contributed by atoms with Crippen molar-refractivity contribution in [3.05, 3.63) is 81.4 Å². The van der Waals surface area contributed by atoms with E-state index in [0.717, 1.165) is 10.1 Å². The molecule has 1 N–H and O–H groups in total. The highest BCUT2D eigenvalue weighted by Gasteiger charge is 2.14. The van der Waals surface area contributed by atoms with Crippen LogP contribution in [0.15, 0.2) is 59.7 Å². The first-order chi connectivity index (χ1) is 15.9. The van der Waals surface area contributed by atoms with Crippen molar-refractivity contribution in [3.8, 4) is 0 Å². The fraction of sp³-hybridized carbons (Fsp3) is 0.182. The molecule has 11 heteroatoms. The number of carbonyl (C=O) groups excluding carboxylic acids is 2. The molecule has 33 heavy (non-hydrogen) atoms. The van der Waals surface area contributed by atoms with Gasteiger partial charge in [0.15, 0.2) is 11.2 Å². The van der Waals surface area contributed by atoms with Crippen molar-refractivity contribution in [1.29, 1.82) is 0 Å². The zero-order valence-electron chi connectivity index (χ0n) is 17.6. The molecule has 168 valence electrons. The Bertz CT molecular complexity index is 1360. The summed E-state index contributed by atoms with van der Waals surface area (Å²) in [5, 5.41) is 11.3. The molecule has 0 saturated heterocycles. The molecular formula is C22H19ClN6O4. The first-order valence-corrected chi connectivity index (χ1v) is 10.4. The average molecular weight is 467 g/mol. The molecule has 0 aliphatic rings. The van der Waals surface area contributed by atoms with Crippen LogP contribution in [-0.2, 0) is 22.6 Å². The quantitative estimate of drug-likeness (QED) is 0.415. The maximum absolute atomic E-state index is 12.8. The SMILES string of the molecule is CCOC(=O)c1ccc(NC(=O)Cn2cnc3c(nnn3Cc3ccc(Cl)cc3)c2=O)cc1. The Kier molecular flexibility index (Phi) is 6.45. The molecule has 4 rings (SSSR count). The van der Waals surface area contributed by atoms with Gasteiger partial charge in [0.2, 0.25) is 5.91 Å². The van der Waals surface area contributed by atoms with E-state index in [1.165, 1.54) is 11.0 Å². The first kappa shape index (κ1) is 22.2. The van der Waals surface area contributed by atoms with Gasteiger partial charge >= 0.3 is 5.97 Å². The number of ether oxygens (including phenoxy) is 1. The molecule has 4 aromatic rings. The minimum Gasteiger partial charge on any atom is -0.462 e. The van der Waals surface area contributed by atoms with Crippen molar-refractivity contribution in [2.75, 3.05) is 11.9 Å². The molecular weight excluding hydrogens is 448 g/mol. The molecule has 0 saturated carbocycles. The summed E-state index contributed by atoms with van der Waals surface area (Å²) >= 11 is 5.91. The summed E-state index contributed by atoms with van der Waals surface area (Å²) in [7, 11) is 0. The van der Waals surface area contributed by atoms with Crippen molar-refractivity contribution in [2.24, 2.45) is 0 Å². The fourth-order valence-electron chi connectivity index (χ4n) is 3.13. The number of carbonyl (C=O) groups is 2. The van der Waals surface area contributed by atoms with Gasteiger partial charge in [0.05, 0.1) is 18.7 Å². The first-order valence-electron chi connectivity index (χ1n) is 10.0. The third-order valence-corrected chi connectivity index (χ3v) is 4.98. The lowest BCUT2D eigenvalue weighted by atomic mass is 10.2. The number of hydrogen-bond acceptors (Lipinski definition) is 7. The van der Waals surface area contributed by atoms with Crippen LogP contribution in [0.2, 0.25) is 5.02 Å². The molecule has 0 atom stereocenters. The second-order valence-electron chi connectivity index (χ2n) is 7.07. The van der Waals surface area contributed by atoms with Crippen LogP contribution in [0.4, 0.5) is 5.69 Å². The summed E-state index contributed by atoms with van der Waals surface area (Å²) in [5.41, 5.74) is 1.69. The lowest BCUT2D eigenvalue weighted by Crippen LogP contribution is -2.28. The lowest BCUT2D eigenvalue weighted by Gasteiger charge is -2.08. The minimum absolute atomic E-state index is 0.0676. The van der Waals surface area contributed by atoms with Gasteiger partial charge in [-0.2, -0.15) is 0 Å². The van der Waals surface area contributed by atoms with E-state index in [2.05, 4.69) is 20.6 Å². The second kappa shape index (κ2) is 9.61. The number of fused-ring (bicyclic) bond motifs is 1. The number of hydrogen-bond donors (Lipinski definition) is 1. The molecule has 0 unspecified atom stereocenters. The molecule has 10 nitrogen and oxygen atoms in total. The Labute approximate surface area is 192 Å². The maximum Gasteiger partial charge on any atom is 0.338 e. The molecule has 0 radical (unpaired) electrons. The summed E-state index contributed by atoms with van der Waals surface area (Å²) in [6.45, 7) is 2.11. The van der Waals surface area contributed by atoms with Crippen LogP contribution in [0.1, 0.15) is 22.8 Å². The topological polar surface area (TPSA) is 121 Å². The number of rotatable bonds is 7. The van der Waals surface area contributed by atoms with Crippen LogP contribution >= 0.6 is 11.6 Å². The van der Waals surface area contributed by atoms with Crippen LogP contribution in [0.3, 0.4) is 0 Å². The summed E-state index contributed by atoms with van der Waals surface area (Å²) in [4.78, 5) is 41.2. The number of amides is 1. The molecule has 0 aliphatic heterocycles. The highest BCUT2D eigenvalue weighted by atomic mass is 35.5. The number of aromatic nitrogens is 5. The molecule has 0 aliphatic carbocycles. The van der Waals surface area contributed by atoms with Gasteiger partial charge in [-0.05, 0) is 48.9 Å². The number of benzene rings is 2. The van der Waals surface area contributed by atoms with Crippen molar-refractivity contribution >= 4 is 40.3 Å². The van der Waals surface area contributed by atoms with Crippen molar-refractivity contribution in [3.63, 3.8) is 0 Å². The van der Waals surface area contributed by atoms with E-state index in [1.807, 2.05) is 12.1 Å². The van der Waals surface area contributed by atoms with Crippen molar-refractivity contribution in [1.82, 2.24) is 24.5 Å². The average Bonchev–Trinajstić information content (AvgIpc) is 3.21. The van der Waals surface area contributed by atoms with Gasteiger partial charge in [-0.25, -0.2) is 14.5 Å². The zero-order valence-corrected chi connectivity index (χ0v) is 18.3. The molecule has 0 spiro atoms. The van der Waals surface area contributed by atoms with E-state index in [4.69, 9.17) is 16.3 Å². The molecule has 1 amide bonds. The molecule has 0 bridgehead atoms. The Morgan fingerprint density at radius 2 is 1.82 bits per heavy atom. The largest absolute Gasteiger partial charge is 0.462 e. The lowest BCUT2D eigenvalue weighted by molar-refractivity contribution is -0.116.